The molecule has 1 heterocycles. The summed E-state index contributed by atoms with van der Waals surface area (Å²) in [6, 6.07) is 9.19. The van der Waals surface area contributed by atoms with Crippen molar-refractivity contribution < 1.29 is 0 Å². The molecule has 1 N–H and O–H groups in total. The van der Waals surface area contributed by atoms with E-state index >= 15 is 0 Å². The first-order chi connectivity index (χ1) is 9.80. The van der Waals surface area contributed by atoms with Crippen molar-refractivity contribution in [2.75, 3.05) is 6.54 Å². The van der Waals surface area contributed by atoms with E-state index < -0.39 is 0 Å². The van der Waals surface area contributed by atoms with Crippen LogP contribution in [0.15, 0.2) is 36.7 Å². The largest absolute Gasteiger partial charge is 0.331 e. The third-order valence-electron chi connectivity index (χ3n) is 3.65. The molecular weight excluding hydrogens is 246 g/mol. The zero-order chi connectivity index (χ0) is 14.4. The van der Waals surface area contributed by atoms with Gasteiger partial charge in [-0.25, -0.2) is 4.98 Å². The number of nitrogens with zero attached hydrogens (tertiary/aromatic N) is 2. The summed E-state index contributed by atoms with van der Waals surface area (Å²) in [7, 11) is 0. The van der Waals surface area contributed by atoms with Gasteiger partial charge in [-0.1, -0.05) is 32.0 Å². The number of nitrogens with one attached hydrogen (secondary N) is 1. The van der Waals surface area contributed by atoms with E-state index in [2.05, 4.69) is 59.9 Å². The molecule has 0 saturated heterocycles. The van der Waals surface area contributed by atoms with Crippen LogP contribution in [0, 0.1) is 0 Å². The molecule has 108 valence electrons. The zero-order valence-electron chi connectivity index (χ0n) is 12.8. The van der Waals surface area contributed by atoms with E-state index in [0.717, 1.165) is 31.8 Å². The van der Waals surface area contributed by atoms with E-state index in [9.17, 15) is 0 Å². The molecule has 2 rings (SSSR count). The van der Waals surface area contributed by atoms with Crippen molar-refractivity contribution >= 4 is 0 Å². The highest BCUT2D eigenvalue weighted by Gasteiger charge is 2.11. The summed E-state index contributed by atoms with van der Waals surface area (Å²) in [5.74, 6) is 1.06. The van der Waals surface area contributed by atoms with Crippen molar-refractivity contribution in [3.05, 3.63) is 42.2 Å². The van der Waals surface area contributed by atoms with Crippen molar-refractivity contribution in [1.29, 1.82) is 0 Å². The van der Waals surface area contributed by atoms with Gasteiger partial charge >= 0.3 is 0 Å². The highest BCUT2D eigenvalue weighted by Crippen LogP contribution is 2.23. The van der Waals surface area contributed by atoms with Crippen LogP contribution in [-0.4, -0.2) is 16.1 Å². The maximum atomic E-state index is 4.49. The van der Waals surface area contributed by atoms with Gasteiger partial charge in [-0.3, -0.25) is 0 Å². The first-order valence-electron chi connectivity index (χ1n) is 7.65. The standard InChI is InChI=1S/C17H25N3/c1-4-10-18-16(5-2)14-8-7-9-15(13-14)17-19-11-12-20(17)6-3/h7-9,11-13,16,18H,4-6,10H2,1-3H3. The normalized spacial score (nSPS) is 12.6. The lowest BCUT2D eigenvalue weighted by Crippen LogP contribution is -2.21. The summed E-state index contributed by atoms with van der Waals surface area (Å²) in [6.07, 6.45) is 6.18. The molecule has 0 saturated carbocycles. The van der Waals surface area contributed by atoms with Crippen molar-refractivity contribution in [1.82, 2.24) is 14.9 Å². The number of rotatable bonds is 7. The van der Waals surface area contributed by atoms with E-state index in [1.165, 1.54) is 11.1 Å². The second kappa shape index (κ2) is 7.25. The topological polar surface area (TPSA) is 29.9 Å². The lowest BCUT2D eigenvalue weighted by molar-refractivity contribution is 0.518. The van der Waals surface area contributed by atoms with Gasteiger partial charge < -0.3 is 9.88 Å². The minimum Gasteiger partial charge on any atom is -0.331 e. The van der Waals surface area contributed by atoms with E-state index in [4.69, 9.17) is 0 Å². The number of hydrogen-bond donors (Lipinski definition) is 1. The third kappa shape index (κ3) is 3.28. The number of aryl methyl sites for hydroxylation is 1. The summed E-state index contributed by atoms with van der Waals surface area (Å²) < 4.78 is 2.18. The van der Waals surface area contributed by atoms with Crippen molar-refractivity contribution in [2.24, 2.45) is 0 Å². The van der Waals surface area contributed by atoms with Crippen molar-refractivity contribution in [3.63, 3.8) is 0 Å². The number of benzene rings is 1. The van der Waals surface area contributed by atoms with Crippen LogP contribution >= 0.6 is 0 Å². The fraction of sp³-hybridized carbons (Fsp3) is 0.471. The molecule has 0 aliphatic rings. The molecule has 0 spiro atoms. The fourth-order valence-corrected chi connectivity index (χ4v) is 2.54. The zero-order valence-corrected chi connectivity index (χ0v) is 12.8. The monoisotopic (exact) mass is 271 g/mol. The van der Waals surface area contributed by atoms with Gasteiger partial charge in [0.15, 0.2) is 0 Å². The minimum absolute atomic E-state index is 0.430. The summed E-state index contributed by atoms with van der Waals surface area (Å²) in [6.45, 7) is 8.59. The second-order valence-corrected chi connectivity index (χ2v) is 5.08. The first-order valence-corrected chi connectivity index (χ1v) is 7.65. The number of hydrogen-bond acceptors (Lipinski definition) is 2. The van der Waals surface area contributed by atoms with Gasteiger partial charge in [0.2, 0.25) is 0 Å². The highest BCUT2D eigenvalue weighted by atomic mass is 15.1. The van der Waals surface area contributed by atoms with Crippen LogP contribution in [0.2, 0.25) is 0 Å². The Labute approximate surface area is 122 Å². The molecular formula is C17H25N3. The van der Waals surface area contributed by atoms with Crippen LogP contribution in [0.1, 0.15) is 45.2 Å². The van der Waals surface area contributed by atoms with Gasteiger partial charge in [-0.2, -0.15) is 0 Å². The van der Waals surface area contributed by atoms with Crippen LogP contribution in [0.25, 0.3) is 11.4 Å². The summed E-state index contributed by atoms with van der Waals surface area (Å²) >= 11 is 0. The molecule has 0 amide bonds. The Morgan fingerprint density at radius 1 is 1.25 bits per heavy atom. The van der Waals surface area contributed by atoms with E-state index in [1.807, 2.05) is 12.4 Å². The maximum Gasteiger partial charge on any atom is 0.139 e. The first kappa shape index (κ1) is 14.8. The van der Waals surface area contributed by atoms with Crippen LogP contribution in [-0.2, 0) is 6.54 Å². The quantitative estimate of drug-likeness (QED) is 0.824. The Balaban J connectivity index is 2.27. The Morgan fingerprint density at radius 3 is 2.80 bits per heavy atom. The highest BCUT2D eigenvalue weighted by molar-refractivity contribution is 5.57. The van der Waals surface area contributed by atoms with Crippen molar-refractivity contribution in [2.45, 2.75) is 46.2 Å². The molecule has 1 aromatic heterocycles. The fourth-order valence-electron chi connectivity index (χ4n) is 2.54. The Hall–Kier alpha value is -1.61. The van der Waals surface area contributed by atoms with Gasteiger partial charge in [-0.15, -0.1) is 0 Å². The molecule has 1 atom stereocenters. The van der Waals surface area contributed by atoms with Crippen LogP contribution < -0.4 is 5.32 Å². The van der Waals surface area contributed by atoms with E-state index in [-0.39, 0.29) is 0 Å². The third-order valence-corrected chi connectivity index (χ3v) is 3.65. The summed E-state index contributed by atoms with van der Waals surface area (Å²) in [5.41, 5.74) is 2.55. The number of imidazole rings is 1. The van der Waals surface area contributed by atoms with Gasteiger partial charge in [0.05, 0.1) is 0 Å². The maximum absolute atomic E-state index is 4.49. The summed E-state index contributed by atoms with van der Waals surface area (Å²) in [4.78, 5) is 4.49. The average molecular weight is 271 g/mol. The van der Waals surface area contributed by atoms with Crippen LogP contribution in [0.5, 0.6) is 0 Å². The SMILES string of the molecule is CCCNC(CC)c1cccc(-c2nccn2CC)c1. The Bertz CT molecular complexity index is 531. The molecule has 0 aliphatic heterocycles. The Kier molecular flexibility index (Phi) is 5.36. The molecule has 2 aromatic rings. The predicted molar refractivity (Wildman–Crippen MR) is 84.7 cm³/mol. The molecule has 0 fully saturated rings. The lowest BCUT2D eigenvalue weighted by atomic mass is 10.0. The van der Waals surface area contributed by atoms with Crippen molar-refractivity contribution in [3.8, 4) is 11.4 Å². The van der Waals surface area contributed by atoms with Gasteiger partial charge in [0, 0.05) is 30.5 Å². The lowest BCUT2D eigenvalue weighted by Gasteiger charge is -2.18. The van der Waals surface area contributed by atoms with Gasteiger partial charge in [0.25, 0.3) is 0 Å². The van der Waals surface area contributed by atoms with Gasteiger partial charge in [-0.05, 0) is 37.9 Å². The molecule has 20 heavy (non-hydrogen) atoms. The average Bonchev–Trinajstić information content (AvgIpc) is 2.97. The molecule has 3 heteroatoms. The van der Waals surface area contributed by atoms with Crippen LogP contribution in [0.4, 0.5) is 0 Å². The molecule has 0 radical (unpaired) electrons. The smallest absolute Gasteiger partial charge is 0.139 e. The predicted octanol–water partition coefficient (Wildman–Crippen LogP) is 4.02. The second-order valence-electron chi connectivity index (χ2n) is 5.08. The van der Waals surface area contributed by atoms with Crippen LogP contribution in [0.3, 0.4) is 0 Å². The Morgan fingerprint density at radius 2 is 2.10 bits per heavy atom. The minimum atomic E-state index is 0.430. The molecule has 0 aliphatic carbocycles. The van der Waals surface area contributed by atoms with Gasteiger partial charge in [0.1, 0.15) is 5.82 Å². The molecule has 0 bridgehead atoms. The molecule has 3 nitrogen and oxygen atoms in total. The van der Waals surface area contributed by atoms with E-state index in [0.29, 0.717) is 6.04 Å². The van der Waals surface area contributed by atoms with E-state index in [1.54, 1.807) is 0 Å². The number of aromatic nitrogens is 2. The summed E-state index contributed by atoms with van der Waals surface area (Å²) in [5, 5.41) is 3.61. The molecule has 1 unspecified atom stereocenters. The molecule has 1 aromatic carbocycles.